The minimum Gasteiger partial charge on any atom is -0.396 e. The second-order valence-electron chi connectivity index (χ2n) is 2.68. The van der Waals surface area contributed by atoms with Gasteiger partial charge in [-0.25, -0.2) is 8.78 Å². The molecule has 66 valence electrons. The number of hydrogen-bond acceptors (Lipinski definition) is 2. The van der Waals surface area contributed by atoms with Crippen molar-refractivity contribution in [3.8, 4) is 0 Å². The van der Waals surface area contributed by atoms with Gasteiger partial charge in [0.1, 0.15) is 5.38 Å². The Morgan fingerprint density at radius 1 is 1.55 bits per heavy atom. The summed E-state index contributed by atoms with van der Waals surface area (Å²) in [5.74, 6) is -3.99. The van der Waals surface area contributed by atoms with Gasteiger partial charge in [-0.2, -0.15) is 0 Å². The molecule has 0 saturated carbocycles. The van der Waals surface area contributed by atoms with E-state index in [-0.39, 0.29) is 13.1 Å². The summed E-state index contributed by atoms with van der Waals surface area (Å²) >= 11 is 5.36. The molecule has 2 nitrogen and oxygen atoms in total. The van der Waals surface area contributed by atoms with Crippen LogP contribution in [0.3, 0.4) is 0 Å². The SMILES string of the molecule is OCC1CNCC(Cl)C1(F)F. The van der Waals surface area contributed by atoms with Crippen LogP contribution >= 0.6 is 11.6 Å². The third-order valence-corrected chi connectivity index (χ3v) is 2.34. The maximum atomic E-state index is 12.9. The van der Waals surface area contributed by atoms with Crippen LogP contribution in [0.5, 0.6) is 0 Å². The lowest BCUT2D eigenvalue weighted by Gasteiger charge is -2.34. The van der Waals surface area contributed by atoms with Crippen molar-refractivity contribution in [3.63, 3.8) is 0 Å². The minimum atomic E-state index is -2.94. The quantitative estimate of drug-likeness (QED) is 0.581. The summed E-state index contributed by atoms with van der Waals surface area (Å²) < 4.78 is 25.9. The third kappa shape index (κ3) is 1.63. The molecule has 0 amide bonds. The van der Waals surface area contributed by atoms with Crippen molar-refractivity contribution in [3.05, 3.63) is 0 Å². The molecule has 0 bridgehead atoms. The van der Waals surface area contributed by atoms with Crippen LogP contribution in [0.4, 0.5) is 8.78 Å². The highest BCUT2D eigenvalue weighted by molar-refractivity contribution is 6.21. The second-order valence-corrected chi connectivity index (χ2v) is 3.21. The van der Waals surface area contributed by atoms with E-state index in [4.69, 9.17) is 16.7 Å². The highest BCUT2D eigenvalue weighted by atomic mass is 35.5. The first-order valence-corrected chi connectivity index (χ1v) is 3.86. The number of alkyl halides is 3. The Balaban J connectivity index is 2.64. The summed E-state index contributed by atoms with van der Waals surface area (Å²) in [4.78, 5) is 0. The van der Waals surface area contributed by atoms with Gasteiger partial charge >= 0.3 is 0 Å². The van der Waals surface area contributed by atoms with E-state index in [0.29, 0.717) is 0 Å². The highest BCUT2D eigenvalue weighted by Crippen LogP contribution is 2.33. The minimum absolute atomic E-state index is 0.102. The van der Waals surface area contributed by atoms with E-state index in [1.54, 1.807) is 0 Å². The average molecular weight is 186 g/mol. The molecular formula is C6H10ClF2NO. The van der Waals surface area contributed by atoms with Crippen LogP contribution in [0.2, 0.25) is 0 Å². The zero-order chi connectivity index (χ0) is 8.48. The first-order chi connectivity index (χ1) is 5.09. The van der Waals surface area contributed by atoms with Crippen LogP contribution in [-0.4, -0.2) is 36.1 Å². The molecule has 0 radical (unpaired) electrons. The van der Waals surface area contributed by atoms with Crippen molar-refractivity contribution in [1.29, 1.82) is 0 Å². The van der Waals surface area contributed by atoms with Crippen molar-refractivity contribution in [2.75, 3.05) is 19.7 Å². The van der Waals surface area contributed by atoms with Crippen LogP contribution in [0.1, 0.15) is 0 Å². The zero-order valence-corrected chi connectivity index (χ0v) is 6.61. The molecule has 5 heteroatoms. The Morgan fingerprint density at radius 2 is 2.18 bits per heavy atom. The maximum Gasteiger partial charge on any atom is 0.271 e. The van der Waals surface area contributed by atoms with Crippen LogP contribution in [-0.2, 0) is 0 Å². The van der Waals surface area contributed by atoms with Gasteiger partial charge in [0, 0.05) is 13.1 Å². The average Bonchev–Trinajstić information content (AvgIpc) is 1.95. The second kappa shape index (κ2) is 3.21. The fraction of sp³-hybridized carbons (Fsp3) is 1.00. The molecule has 1 heterocycles. The number of nitrogens with one attached hydrogen (secondary N) is 1. The van der Waals surface area contributed by atoms with Gasteiger partial charge in [0.05, 0.1) is 12.5 Å². The Bertz CT molecular complexity index is 145. The molecule has 0 aromatic heterocycles. The lowest BCUT2D eigenvalue weighted by atomic mass is 9.95. The molecule has 1 aliphatic rings. The van der Waals surface area contributed by atoms with Crippen molar-refractivity contribution in [1.82, 2.24) is 5.32 Å². The Morgan fingerprint density at radius 3 is 2.64 bits per heavy atom. The molecule has 2 N–H and O–H groups in total. The standard InChI is InChI=1S/C6H10ClF2NO/c7-5-2-10-1-4(3-11)6(5,8)9/h4-5,10-11H,1-3H2. The van der Waals surface area contributed by atoms with Crippen molar-refractivity contribution >= 4 is 11.6 Å². The molecule has 1 rings (SSSR count). The monoisotopic (exact) mass is 185 g/mol. The number of hydrogen-bond donors (Lipinski definition) is 2. The van der Waals surface area contributed by atoms with Gasteiger partial charge in [-0.05, 0) is 0 Å². The van der Waals surface area contributed by atoms with Crippen LogP contribution in [0, 0.1) is 5.92 Å². The topological polar surface area (TPSA) is 32.3 Å². The molecule has 0 spiro atoms. The van der Waals surface area contributed by atoms with Gasteiger partial charge in [-0.3, -0.25) is 0 Å². The van der Waals surface area contributed by atoms with Gasteiger partial charge < -0.3 is 10.4 Å². The predicted molar refractivity (Wildman–Crippen MR) is 38.0 cm³/mol. The normalized spacial score (nSPS) is 37.1. The first-order valence-electron chi connectivity index (χ1n) is 3.42. The van der Waals surface area contributed by atoms with E-state index >= 15 is 0 Å². The summed E-state index contributed by atoms with van der Waals surface area (Å²) in [6, 6.07) is 0. The number of aliphatic hydroxyl groups excluding tert-OH is 1. The van der Waals surface area contributed by atoms with E-state index < -0.39 is 23.8 Å². The van der Waals surface area contributed by atoms with E-state index in [0.717, 1.165) is 0 Å². The van der Waals surface area contributed by atoms with Crippen LogP contribution < -0.4 is 5.32 Å². The van der Waals surface area contributed by atoms with Gasteiger partial charge in [0.15, 0.2) is 0 Å². The summed E-state index contributed by atoms with van der Waals surface area (Å²) in [6.07, 6.45) is 0. The summed E-state index contributed by atoms with van der Waals surface area (Å²) in [7, 11) is 0. The molecule has 1 saturated heterocycles. The molecule has 1 fully saturated rings. The van der Waals surface area contributed by atoms with E-state index in [2.05, 4.69) is 5.32 Å². The van der Waals surface area contributed by atoms with Crippen molar-refractivity contribution in [2.45, 2.75) is 11.3 Å². The molecule has 0 aromatic rings. The smallest absolute Gasteiger partial charge is 0.271 e. The summed E-state index contributed by atoms with van der Waals surface area (Å²) in [6.45, 7) is -0.291. The third-order valence-electron chi connectivity index (χ3n) is 1.90. The Labute approximate surface area is 68.5 Å². The molecule has 2 atom stereocenters. The highest BCUT2D eigenvalue weighted by Gasteiger charge is 2.48. The van der Waals surface area contributed by atoms with Crippen molar-refractivity contribution in [2.24, 2.45) is 5.92 Å². The molecule has 1 aliphatic heterocycles. The van der Waals surface area contributed by atoms with Gasteiger partial charge in [0.2, 0.25) is 0 Å². The Kier molecular flexibility index (Phi) is 2.67. The summed E-state index contributed by atoms with van der Waals surface area (Å²) in [5, 5.41) is 10.1. The number of aliphatic hydroxyl groups is 1. The van der Waals surface area contributed by atoms with Gasteiger partial charge in [-0.15, -0.1) is 11.6 Å². The lowest BCUT2D eigenvalue weighted by Crippen LogP contribution is -2.54. The van der Waals surface area contributed by atoms with E-state index in [1.807, 2.05) is 0 Å². The van der Waals surface area contributed by atoms with E-state index in [9.17, 15) is 8.78 Å². The molecule has 0 aliphatic carbocycles. The number of rotatable bonds is 1. The Hall–Kier alpha value is 0.0700. The number of piperidine rings is 1. The van der Waals surface area contributed by atoms with Crippen LogP contribution in [0.15, 0.2) is 0 Å². The zero-order valence-electron chi connectivity index (χ0n) is 5.86. The molecule has 11 heavy (non-hydrogen) atoms. The van der Waals surface area contributed by atoms with E-state index in [1.165, 1.54) is 0 Å². The van der Waals surface area contributed by atoms with Crippen molar-refractivity contribution < 1.29 is 13.9 Å². The number of halogens is 3. The lowest BCUT2D eigenvalue weighted by molar-refractivity contribution is -0.0899. The fourth-order valence-corrected chi connectivity index (χ4v) is 1.39. The molecular weight excluding hydrogens is 176 g/mol. The molecule has 2 unspecified atom stereocenters. The summed E-state index contributed by atoms with van der Waals surface area (Å²) in [5.41, 5.74) is 0. The van der Waals surface area contributed by atoms with Crippen LogP contribution in [0.25, 0.3) is 0 Å². The maximum absolute atomic E-state index is 12.9. The fourth-order valence-electron chi connectivity index (χ4n) is 1.10. The largest absolute Gasteiger partial charge is 0.396 e. The molecule has 0 aromatic carbocycles. The first kappa shape index (κ1) is 9.16. The predicted octanol–water partition coefficient (Wildman–Crippen LogP) is 0.441. The van der Waals surface area contributed by atoms with Gasteiger partial charge in [0.25, 0.3) is 5.92 Å². The van der Waals surface area contributed by atoms with Gasteiger partial charge in [-0.1, -0.05) is 0 Å².